The third kappa shape index (κ3) is 4.31. The van der Waals surface area contributed by atoms with Gasteiger partial charge in [0.05, 0.1) is 0 Å². The normalized spacial score (nSPS) is 28.2. The van der Waals surface area contributed by atoms with Crippen molar-refractivity contribution in [2.24, 2.45) is 17.3 Å². The summed E-state index contributed by atoms with van der Waals surface area (Å²) in [5.41, 5.74) is 0.979. The van der Waals surface area contributed by atoms with Crippen LogP contribution in [0.15, 0.2) is 24.3 Å². The summed E-state index contributed by atoms with van der Waals surface area (Å²) in [5.74, 6) is 1.03. The smallest absolute Gasteiger partial charge is 0.406 e. The zero-order chi connectivity index (χ0) is 16.5. The first kappa shape index (κ1) is 17.0. The van der Waals surface area contributed by atoms with Crippen LogP contribution < -0.4 is 10.1 Å². The van der Waals surface area contributed by atoms with Gasteiger partial charge in [-0.3, -0.25) is 0 Å². The maximum atomic E-state index is 12.2. The van der Waals surface area contributed by atoms with Gasteiger partial charge in [-0.15, -0.1) is 13.2 Å². The quantitative estimate of drug-likeness (QED) is 0.800. The van der Waals surface area contributed by atoms with Gasteiger partial charge in [-0.1, -0.05) is 27.7 Å². The summed E-state index contributed by atoms with van der Waals surface area (Å²) in [4.78, 5) is 0. The van der Waals surface area contributed by atoms with Gasteiger partial charge in [0, 0.05) is 11.7 Å². The second kappa shape index (κ2) is 6.01. The fraction of sp³-hybridized carbons (Fsp3) is 0.647. The second-order valence-electron chi connectivity index (χ2n) is 7.21. The van der Waals surface area contributed by atoms with Crippen LogP contribution in [0.4, 0.5) is 18.9 Å². The van der Waals surface area contributed by atoms with Gasteiger partial charge < -0.3 is 10.1 Å². The molecule has 1 aromatic carbocycles. The van der Waals surface area contributed by atoms with Crippen molar-refractivity contribution >= 4 is 5.69 Å². The van der Waals surface area contributed by atoms with Crippen molar-refractivity contribution in [3.05, 3.63) is 24.3 Å². The van der Waals surface area contributed by atoms with Gasteiger partial charge >= 0.3 is 6.36 Å². The minimum Gasteiger partial charge on any atom is -0.406 e. The molecule has 1 fully saturated rings. The highest BCUT2D eigenvalue weighted by molar-refractivity contribution is 5.47. The van der Waals surface area contributed by atoms with Crippen molar-refractivity contribution in [1.82, 2.24) is 0 Å². The molecule has 0 amide bonds. The van der Waals surface area contributed by atoms with Crippen LogP contribution in [0.3, 0.4) is 0 Å². The molecule has 1 aliphatic carbocycles. The molecule has 5 heteroatoms. The number of halogens is 3. The number of ether oxygens (including phenoxy) is 1. The minimum atomic E-state index is -4.65. The number of nitrogens with one attached hydrogen (secondary N) is 1. The van der Waals surface area contributed by atoms with Crippen LogP contribution in [0.1, 0.15) is 40.5 Å². The Morgan fingerprint density at radius 2 is 1.73 bits per heavy atom. The molecule has 0 spiro atoms. The zero-order valence-corrected chi connectivity index (χ0v) is 13.5. The van der Waals surface area contributed by atoms with Crippen molar-refractivity contribution in [3.8, 4) is 5.75 Å². The molecule has 0 radical (unpaired) electrons. The standard InChI is InChI=1S/C17H24F3NO/c1-11-9-12(2)15(16(3,4)10-11)21-13-5-7-14(8-6-13)22-17(18,19)20/h5-8,11-12,15,21H,9-10H2,1-4H3/t11?,12-,15-/m1/s1. The number of hydrogen-bond donors (Lipinski definition) is 1. The number of anilines is 1. The summed E-state index contributed by atoms with van der Waals surface area (Å²) in [6.45, 7) is 9.00. The monoisotopic (exact) mass is 315 g/mol. The Morgan fingerprint density at radius 1 is 1.14 bits per heavy atom. The van der Waals surface area contributed by atoms with Crippen molar-refractivity contribution in [2.75, 3.05) is 5.32 Å². The maximum Gasteiger partial charge on any atom is 0.573 e. The minimum absolute atomic E-state index is 0.151. The van der Waals surface area contributed by atoms with Gasteiger partial charge in [-0.2, -0.15) is 0 Å². The Bertz CT molecular complexity index is 496. The average Bonchev–Trinajstić information content (AvgIpc) is 2.33. The third-order valence-corrected chi connectivity index (χ3v) is 4.47. The van der Waals surface area contributed by atoms with Gasteiger partial charge in [0.15, 0.2) is 0 Å². The molecule has 0 aliphatic heterocycles. The summed E-state index contributed by atoms with van der Waals surface area (Å²) in [7, 11) is 0. The van der Waals surface area contributed by atoms with Crippen LogP contribution in [-0.2, 0) is 0 Å². The molecule has 0 bridgehead atoms. The number of benzene rings is 1. The molecular weight excluding hydrogens is 291 g/mol. The van der Waals surface area contributed by atoms with Gasteiger partial charge in [-0.25, -0.2) is 0 Å². The molecule has 3 atom stereocenters. The first-order valence-electron chi connectivity index (χ1n) is 7.69. The van der Waals surface area contributed by atoms with E-state index in [4.69, 9.17) is 0 Å². The van der Waals surface area contributed by atoms with E-state index in [0.29, 0.717) is 17.9 Å². The lowest BCUT2D eigenvalue weighted by Gasteiger charge is -2.46. The molecule has 1 unspecified atom stereocenters. The molecule has 2 nitrogen and oxygen atoms in total. The van der Waals surface area contributed by atoms with E-state index in [-0.39, 0.29) is 11.2 Å². The van der Waals surface area contributed by atoms with Crippen LogP contribution in [-0.4, -0.2) is 12.4 Å². The molecule has 1 N–H and O–H groups in total. The average molecular weight is 315 g/mol. The Labute approximate surface area is 130 Å². The Hall–Kier alpha value is -1.39. The van der Waals surface area contributed by atoms with Crippen molar-refractivity contribution in [3.63, 3.8) is 0 Å². The largest absolute Gasteiger partial charge is 0.573 e. The molecule has 1 saturated carbocycles. The van der Waals surface area contributed by atoms with Crippen molar-refractivity contribution in [1.29, 1.82) is 0 Å². The lowest BCUT2D eigenvalue weighted by atomic mass is 9.65. The summed E-state index contributed by atoms with van der Waals surface area (Å²) < 4.78 is 40.4. The SMILES string of the molecule is CC1C[C@@H](C)[C@@H](Nc2ccc(OC(F)(F)F)cc2)C(C)(C)C1. The first-order valence-corrected chi connectivity index (χ1v) is 7.69. The molecule has 1 aliphatic rings. The lowest BCUT2D eigenvalue weighted by molar-refractivity contribution is -0.274. The van der Waals surface area contributed by atoms with Gasteiger partial charge in [-0.05, 0) is 54.4 Å². The number of hydrogen-bond acceptors (Lipinski definition) is 2. The molecular formula is C17H24F3NO. The molecule has 0 saturated heterocycles. The topological polar surface area (TPSA) is 21.3 Å². The van der Waals surface area contributed by atoms with E-state index < -0.39 is 6.36 Å². The third-order valence-electron chi connectivity index (χ3n) is 4.47. The summed E-state index contributed by atoms with van der Waals surface area (Å²) in [6.07, 6.45) is -2.34. The molecule has 1 aromatic rings. The lowest BCUT2D eigenvalue weighted by Crippen LogP contribution is -2.46. The Kier molecular flexibility index (Phi) is 4.64. The molecule has 0 heterocycles. The van der Waals surface area contributed by atoms with Crippen molar-refractivity contribution in [2.45, 2.75) is 52.9 Å². The summed E-state index contributed by atoms with van der Waals surface area (Å²) >= 11 is 0. The highest BCUT2D eigenvalue weighted by atomic mass is 19.4. The van der Waals surface area contributed by atoms with Crippen LogP contribution in [0.25, 0.3) is 0 Å². The highest BCUT2D eigenvalue weighted by Gasteiger charge is 2.39. The highest BCUT2D eigenvalue weighted by Crippen LogP contribution is 2.43. The molecule has 124 valence electrons. The van der Waals surface area contributed by atoms with Crippen LogP contribution >= 0.6 is 0 Å². The van der Waals surface area contributed by atoms with E-state index in [0.717, 1.165) is 18.5 Å². The van der Waals surface area contributed by atoms with Crippen molar-refractivity contribution < 1.29 is 17.9 Å². The van der Waals surface area contributed by atoms with Gasteiger partial charge in [0.2, 0.25) is 0 Å². The van der Waals surface area contributed by atoms with Gasteiger partial charge in [0.1, 0.15) is 5.75 Å². The Balaban J connectivity index is 2.07. The van der Waals surface area contributed by atoms with Crippen LogP contribution in [0.2, 0.25) is 0 Å². The number of rotatable bonds is 3. The summed E-state index contributed by atoms with van der Waals surface area (Å²) in [5, 5.41) is 3.49. The molecule has 0 aromatic heterocycles. The van der Waals surface area contributed by atoms with Crippen LogP contribution in [0, 0.1) is 17.3 Å². The maximum absolute atomic E-state index is 12.2. The molecule has 22 heavy (non-hydrogen) atoms. The molecule has 2 rings (SSSR count). The van der Waals surface area contributed by atoms with E-state index >= 15 is 0 Å². The first-order chi connectivity index (χ1) is 10.1. The van der Waals surface area contributed by atoms with Crippen LogP contribution in [0.5, 0.6) is 5.75 Å². The fourth-order valence-corrected chi connectivity index (χ4v) is 3.92. The predicted octanol–water partition coefficient (Wildman–Crippen LogP) is 5.46. The summed E-state index contributed by atoms with van der Waals surface area (Å²) in [6, 6.07) is 6.28. The van der Waals surface area contributed by atoms with E-state index in [1.54, 1.807) is 12.1 Å². The predicted molar refractivity (Wildman–Crippen MR) is 81.9 cm³/mol. The second-order valence-corrected chi connectivity index (χ2v) is 7.21. The van der Waals surface area contributed by atoms with E-state index in [9.17, 15) is 13.2 Å². The van der Waals surface area contributed by atoms with E-state index in [1.807, 2.05) is 0 Å². The number of alkyl halides is 3. The Morgan fingerprint density at radius 3 is 2.23 bits per heavy atom. The zero-order valence-electron chi connectivity index (χ0n) is 13.5. The fourth-order valence-electron chi connectivity index (χ4n) is 3.92. The van der Waals surface area contributed by atoms with E-state index in [2.05, 4.69) is 37.7 Å². The van der Waals surface area contributed by atoms with E-state index in [1.165, 1.54) is 12.1 Å². The van der Waals surface area contributed by atoms with Gasteiger partial charge in [0.25, 0.3) is 0 Å².